The third-order valence-electron chi connectivity index (χ3n) is 5.90. The van der Waals surface area contributed by atoms with Crippen LogP contribution in [0.15, 0.2) is 60.0 Å². The molecule has 3 aromatic rings. The fourth-order valence-corrected chi connectivity index (χ4v) is 5.77. The number of hydrogen-bond donors (Lipinski definition) is 1. The Bertz CT molecular complexity index is 1240. The van der Waals surface area contributed by atoms with Gasteiger partial charge in [-0.1, -0.05) is 79.8 Å². The minimum atomic E-state index is -3.52. The third kappa shape index (κ3) is 5.97. The summed E-state index contributed by atoms with van der Waals surface area (Å²) in [5.74, 6) is 0.0524. The largest absolute Gasteiger partial charge is 0.300 e. The van der Waals surface area contributed by atoms with Gasteiger partial charge in [0, 0.05) is 30.0 Å². The lowest BCUT2D eigenvalue weighted by molar-refractivity contribution is -0.120. The summed E-state index contributed by atoms with van der Waals surface area (Å²) in [4.78, 5) is 12.7. The second-order valence-corrected chi connectivity index (χ2v) is 11.4. The van der Waals surface area contributed by atoms with Gasteiger partial charge in [0.1, 0.15) is 5.01 Å². The number of nitrogens with one attached hydrogen (secondary N) is 1. The number of piperidine rings is 1. The zero-order valence-electron chi connectivity index (χ0n) is 19.2. The van der Waals surface area contributed by atoms with E-state index in [1.54, 1.807) is 6.08 Å². The first-order valence-electron chi connectivity index (χ1n) is 11.3. The van der Waals surface area contributed by atoms with Gasteiger partial charge in [0.05, 0.1) is 0 Å². The lowest BCUT2D eigenvalue weighted by Crippen LogP contribution is -2.40. The number of amides is 1. The Labute approximate surface area is 204 Å². The molecule has 9 heteroatoms. The number of nitrogens with zero attached hydrogens (tertiary/aromatic N) is 3. The highest BCUT2D eigenvalue weighted by molar-refractivity contribution is 7.92. The quantitative estimate of drug-likeness (QED) is 0.498. The van der Waals surface area contributed by atoms with Crippen LogP contribution in [-0.2, 0) is 14.8 Å². The maximum atomic E-state index is 12.7. The monoisotopic (exact) mass is 496 g/mol. The van der Waals surface area contributed by atoms with Crippen molar-refractivity contribution in [2.45, 2.75) is 32.6 Å². The molecule has 0 bridgehead atoms. The molecule has 178 valence electrons. The molecule has 1 N–H and O–H groups in total. The van der Waals surface area contributed by atoms with E-state index in [0.717, 1.165) is 16.1 Å². The summed E-state index contributed by atoms with van der Waals surface area (Å²) in [5.41, 5.74) is 3.04. The van der Waals surface area contributed by atoms with Gasteiger partial charge in [-0.2, -0.15) is 4.31 Å². The number of anilines is 1. The predicted molar refractivity (Wildman–Crippen MR) is 137 cm³/mol. The Morgan fingerprint density at radius 1 is 1.06 bits per heavy atom. The molecule has 0 unspecified atom stereocenters. The van der Waals surface area contributed by atoms with Crippen LogP contribution in [0.3, 0.4) is 0 Å². The standard InChI is InChI=1S/C25H28N4O3S2/c1-18(2)20-8-10-22(11-9-20)24-27-28-25(33-24)26-23(30)21-12-15-29(16-13-21)34(31,32)17-14-19-6-4-3-5-7-19/h3-11,14,17-18,21H,12-13,15-16H2,1-2H3,(H,26,28,30). The van der Waals surface area contributed by atoms with Crippen molar-refractivity contribution in [1.82, 2.24) is 14.5 Å². The number of aromatic nitrogens is 2. The Kier molecular flexibility index (Phi) is 7.55. The molecule has 7 nitrogen and oxygen atoms in total. The Morgan fingerprint density at radius 2 is 1.74 bits per heavy atom. The SMILES string of the molecule is CC(C)c1ccc(-c2nnc(NC(=O)C3CCN(S(=O)(=O)C=Cc4ccccc4)CC3)s2)cc1. The zero-order valence-corrected chi connectivity index (χ0v) is 20.8. The molecular weight excluding hydrogens is 468 g/mol. The summed E-state index contributed by atoms with van der Waals surface area (Å²) >= 11 is 1.33. The Morgan fingerprint density at radius 3 is 2.38 bits per heavy atom. The number of carbonyl (C=O) groups excluding carboxylic acids is 1. The molecule has 1 amide bonds. The minimum Gasteiger partial charge on any atom is -0.300 e. The van der Waals surface area contributed by atoms with Crippen LogP contribution in [-0.4, -0.2) is 41.9 Å². The van der Waals surface area contributed by atoms with E-state index in [4.69, 9.17) is 0 Å². The van der Waals surface area contributed by atoms with Crippen LogP contribution >= 0.6 is 11.3 Å². The van der Waals surface area contributed by atoms with Gasteiger partial charge < -0.3 is 5.32 Å². The van der Waals surface area contributed by atoms with E-state index in [1.807, 2.05) is 42.5 Å². The summed E-state index contributed by atoms with van der Waals surface area (Å²) in [5, 5.41) is 13.6. The van der Waals surface area contributed by atoms with Gasteiger partial charge in [-0.3, -0.25) is 4.79 Å². The number of rotatable bonds is 7. The van der Waals surface area contributed by atoms with Crippen molar-refractivity contribution >= 4 is 38.5 Å². The molecule has 0 saturated carbocycles. The smallest absolute Gasteiger partial charge is 0.236 e. The summed E-state index contributed by atoms with van der Waals surface area (Å²) < 4.78 is 26.7. The van der Waals surface area contributed by atoms with E-state index in [9.17, 15) is 13.2 Å². The molecule has 0 spiro atoms. The molecule has 2 aromatic carbocycles. The summed E-state index contributed by atoms with van der Waals surface area (Å²) in [7, 11) is -3.52. The van der Waals surface area contributed by atoms with Crippen molar-refractivity contribution in [3.8, 4) is 10.6 Å². The molecule has 2 heterocycles. The first-order valence-corrected chi connectivity index (χ1v) is 13.6. The molecule has 0 atom stereocenters. The molecule has 0 radical (unpaired) electrons. The van der Waals surface area contributed by atoms with Crippen LogP contribution in [0.5, 0.6) is 0 Å². The highest BCUT2D eigenvalue weighted by Gasteiger charge is 2.30. The number of benzene rings is 2. The van der Waals surface area contributed by atoms with Crippen molar-refractivity contribution in [3.63, 3.8) is 0 Å². The highest BCUT2D eigenvalue weighted by atomic mass is 32.2. The minimum absolute atomic E-state index is 0.144. The van der Waals surface area contributed by atoms with Gasteiger partial charge in [0.15, 0.2) is 0 Å². The van der Waals surface area contributed by atoms with E-state index in [-0.39, 0.29) is 11.8 Å². The van der Waals surface area contributed by atoms with E-state index in [0.29, 0.717) is 37.0 Å². The molecule has 1 aliphatic rings. The third-order valence-corrected chi connectivity index (χ3v) is 8.35. The van der Waals surface area contributed by atoms with E-state index in [2.05, 4.69) is 41.5 Å². The molecule has 1 aliphatic heterocycles. The van der Waals surface area contributed by atoms with Gasteiger partial charge >= 0.3 is 0 Å². The van der Waals surface area contributed by atoms with Crippen molar-refractivity contribution in [2.24, 2.45) is 5.92 Å². The van der Waals surface area contributed by atoms with Gasteiger partial charge in [-0.05, 0) is 36.0 Å². The second kappa shape index (κ2) is 10.6. The molecule has 1 saturated heterocycles. The van der Waals surface area contributed by atoms with Crippen LogP contribution in [0.4, 0.5) is 5.13 Å². The van der Waals surface area contributed by atoms with Crippen molar-refractivity contribution in [2.75, 3.05) is 18.4 Å². The van der Waals surface area contributed by atoms with Crippen LogP contribution in [0, 0.1) is 5.92 Å². The lowest BCUT2D eigenvalue weighted by atomic mass is 9.97. The molecular formula is C25H28N4O3S2. The van der Waals surface area contributed by atoms with Crippen molar-refractivity contribution < 1.29 is 13.2 Å². The van der Waals surface area contributed by atoms with Crippen molar-refractivity contribution in [1.29, 1.82) is 0 Å². The maximum absolute atomic E-state index is 12.7. The van der Waals surface area contributed by atoms with Crippen LogP contribution in [0.2, 0.25) is 0 Å². The fourth-order valence-electron chi connectivity index (χ4n) is 3.80. The summed E-state index contributed by atoms with van der Waals surface area (Å²) in [6, 6.07) is 17.5. The maximum Gasteiger partial charge on any atom is 0.236 e. The zero-order chi connectivity index (χ0) is 24.1. The number of hydrogen-bond acceptors (Lipinski definition) is 6. The van der Waals surface area contributed by atoms with Gasteiger partial charge in [0.2, 0.25) is 21.1 Å². The first kappa shape index (κ1) is 24.3. The van der Waals surface area contributed by atoms with Gasteiger partial charge in [-0.15, -0.1) is 10.2 Å². The van der Waals surface area contributed by atoms with E-state index < -0.39 is 10.0 Å². The Balaban J connectivity index is 1.31. The van der Waals surface area contributed by atoms with E-state index >= 15 is 0 Å². The van der Waals surface area contributed by atoms with Crippen LogP contribution in [0.25, 0.3) is 16.6 Å². The molecule has 0 aliphatic carbocycles. The van der Waals surface area contributed by atoms with E-state index in [1.165, 1.54) is 26.6 Å². The Hall–Kier alpha value is -2.88. The van der Waals surface area contributed by atoms with Crippen molar-refractivity contribution in [3.05, 3.63) is 71.1 Å². The average molecular weight is 497 g/mol. The number of carbonyl (C=O) groups is 1. The average Bonchev–Trinajstić information content (AvgIpc) is 3.32. The predicted octanol–water partition coefficient (Wildman–Crippen LogP) is 4.98. The molecule has 1 fully saturated rings. The lowest BCUT2D eigenvalue weighted by Gasteiger charge is -2.29. The van der Waals surface area contributed by atoms with Crippen LogP contribution < -0.4 is 5.32 Å². The fraction of sp³-hybridized carbons (Fsp3) is 0.320. The second-order valence-electron chi connectivity index (χ2n) is 8.61. The van der Waals surface area contributed by atoms with Gasteiger partial charge in [0.25, 0.3) is 0 Å². The van der Waals surface area contributed by atoms with Gasteiger partial charge in [-0.25, -0.2) is 8.42 Å². The summed E-state index contributed by atoms with van der Waals surface area (Å²) in [6.07, 6.45) is 2.52. The molecule has 34 heavy (non-hydrogen) atoms. The van der Waals surface area contributed by atoms with Crippen LogP contribution in [0.1, 0.15) is 43.7 Å². The molecule has 1 aromatic heterocycles. The highest BCUT2D eigenvalue weighted by Crippen LogP contribution is 2.29. The topological polar surface area (TPSA) is 92.3 Å². The first-order chi connectivity index (χ1) is 16.3. The summed E-state index contributed by atoms with van der Waals surface area (Å²) in [6.45, 7) is 4.91. The normalized spacial score (nSPS) is 15.7. The number of sulfonamides is 1. The molecule has 4 rings (SSSR count).